The third kappa shape index (κ3) is 1.35. The number of carbonyl (C=O) groups excluding carboxylic acids is 1. The summed E-state index contributed by atoms with van der Waals surface area (Å²) < 4.78 is 25.3. The molecule has 0 aliphatic heterocycles. The van der Waals surface area contributed by atoms with Crippen LogP contribution in [0.4, 0.5) is 8.78 Å². The molecule has 1 aromatic rings. The van der Waals surface area contributed by atoms with E-state index >= 15 is 0 Å². The molecule has 1 rings (SSSR count). The van der Waals surface area contributed by atoms with Gasteiger partial charge in [0, 0.05) is 0 Å². The average molecular weight is 170 g/mol. The van der Waals surface area contributed by atoms with Gasteiger partial charge >= 0.3 is 6.04 Å². The van der Waals surface area contributed by atoms with Gasteiger partial charge in [0.1, 0.15) is 5.82 Å². The average Bonchev–Trinajstić information content (AvgIpc) is 1.97. The highest BCUT2D eigenvalue weighted by Crippen LogP contribution is 2.17. The van der Waals surface area contributed by atoms with E-state index in [4.69, 9.17) is 0 Å². The van der Waals surface area contributed by atoms with Crippen molar-refractivity contribution >= 4 is 6.04 Å². The fourth-order valence-electron chi connectivity index (χ4n) is 1.02. The predicted octanol–water partition coefficient (Wildman–Crippen LogP) is 2.55. The van der Waals surface area contributed by atoms with Gasteiger partial charge in [0.05, 0.1) is 5.56 Å². The van der Waals surface area contributed by atoms with Crippen LogP contribution >= 0.6 is 0 Å². The maximum absolute atomic E-state index is 13.1. The third-order valence-electron chi connectivity index (χ3n) is 1.74. The van der Waals surface area contributed by atoms with Crippen LogP contribution in [0.2, 0.25) is 0 Å². The summed E-state index contributed by atoms with van der Waals surface area (Å²) in [4.78, 5) is 10.3. The van der Waals surface area contributed by atoms with E-state index < -0.39 is 17.4 Å². The summed E-state index contributed by atoms with van der Waals surface area (Å²) in [6, 6.07) is 1.32. The molecule has 0 saturated carbocycles. The van der Waals surface area contributed by atoms with Crippen molar-refractivity contribution in [2.75, 3.05) is 0 Å². The SMILES string of the molecule is Cc1ccc(C)c(C(=O)F)c1F. The highest BCUT2D eigenvalue weighted by molar-refractivity contribution is 5.90. The summed E-state index contributed by atoms with van der Waals surface area (Å²) in [5.74, 6) is -0.762. The van der Waals surface area contributed by atoms with Crippen molar-refractivity contribution in [2.24, 2.45) is 0 Å². The summed E-state index contributed by atoms with van der Waals surface area (Å²) in [5.41, 5.74) is 0.155. The molecule has 0 bridgehead atoms. The second-order valence-electron chi connectivity index (χ2n) is 2.66. The molecule has 0 aromatic heterocycles. The first-order valence-corrected chi connectivity index (χ1v) is 3.49. The van der Waals surface area contributed by atoms with Gasteiger partial charge in [-0.2, -0.15) is 4.39 Å². The van der Waals surface area contributed by atoms with Gasteiger partial charge in [-0.05, 0) is 25.0 Å². The van der Waals surface area contributed by atoms with Crippen LogP contribution in [0.5, 0.6) is 0 Å². The number of hydrogen-bond donors (Lipinski definition) is 0. The lowest BCUT2D eigenvalue weighted by Gasteiger charge is -2.03. The van der Waals surface area contributed by atoms with Crippen LogP contribution in [-0.2, 0) is 0 Å². The maximum atomic E-state index is 13.1. The summed E-state index contributed by atoms with van der Waals surface area (Å²) >= 11 is 0. The van der Waals surface area contributed by atoms with E-state index in [0.29, 0.717) is 5.56 Å². The smallest absolute Gasteiger partial charge is 0.255 e. The minimum absolute atomic E-state index is 0.279. The normalized spacial score (nSPS) is 10.0. The van der Waals surface area contributed by atoms with E-state index in [1.54, 1.807) is 0 Å². The number of carbonyl (C=O) groups is 1. The first-order valence-electron chi connectivity index (χ1n) is 3.49. The van der Waals surface area contributed by atoms with Crippen LogP contribution in [0.3, 0.4) is 0 Å². The molecule has 0 fully saturated rings. The van der Waals surface area contributed by atoms with Gasteiger partial charge in [-0.1, -0.05) is 12.1 Å². The fraction of sp³-hybridized carbons (Fsp3) is 0.222. The Balaban J connectivity index is 3.43. The molecule has 0 saturated heterocycles. The van der Waals surface area contributed by atoms with Crippen LogP contribution in [-0.4, -0.2) is 6.04 Å². The summed E-state index contributed by atoms with van der Waals surface area (Å²) in [6.07, 6.45) is 0. The molecule has 0 aliphatic carbocycles. The lowest BCUT2D eigenvalue weighted by atomic mass is 10.1. The first kappa shape index (κ1) is 8.84. The zero-order chi connectivity index (χ0) is 9.30. The van der Waals surface area contributed by atoms with E-state index in [-0.39, 0.29) is 5.56 Å². The molecule has 64 valence electrons. The lowest BCUT2D eigenvalue weighted by molar-refractivity contribution is 0.0830. The molecule has 0 unspecified atom stereocenters. The zero-order valence-corrected chi connectivity index (χ0v) is 6.82. The summed E-state index contributed by atoms with van der Waals surface area (Å²) in [6.45, 7) is 2.98. The van der Waals surface area contributed by atoms with Crippen molar-refractivity contribution in [3.05, 3.63) is 34.6 Å². The van der Waals surface area contributed by atoms with Crippen molar-refractivity contribution in [3.8, 4) is 0 Å². The van der Waals surface area contributed by atoms with Crippen LogP contribution in [0, 0.1) is 19.7 Å². The maximum Gasteiger partial charge on any atom is 0.335 e. The molecular formula is C9H8F2O. The Morgan fingerprint density at radius 2 is 1.75 bits per heavy atom. The number of benzene rings is 1. The second-order valence-corrected chi connectivity index (χ2v) is 2.66. The molecule has 0 heterocycles. The van der Waals surface area contributed by atoms with Crippen molar-refractivity contribution in [2.45, 2.75) is 13.8 Å². The Bertz CT molecular complexity index is 332. The Hall–Kier alpha value is -1.25. The Labute approximate surface area is 69.0 Å². The fourth-order valence-corrected chi connectivity index (χ4v) is 1.02. The number of hydrogen-bond acceptors (Lipinski definition) is 1. The molecule has 3 heteroatoms. The molecule has 0 amide bonds. The topological polar surface area (TPSA) is 17.1 Å². The molecule has 1 nitrogen and oxygen atoms in total. The molecule has 12 heavy (non-hydrogen) atoms. The van der Waals surface area contributed by atoms with Crippen molar-refractivity contribution in [3.63, 3.8) is 0 Å². The molecule has 0 atom stereocenters. The van der Waals surface area contributed by atoms with Gasteiger partial charge in [0.2, 0.25) is 0 Å². The minimum Gasteiger partial charge on any atom is -0.255 e. The monoisotopic (exact) mass is 170 g/mol. The molecular weight excluding hydrogens is 162 g/mol. The van der Waals surface area contributed by atoms with E-state index in [9.17, 15) is 13.6 Å². The second kappa shape index (κ2) is 3.01. The predicted molar refractivity (Wildman–Crippen MR) is 41.3 cm³/mol. The van der Waals surface area contributed by atoms with Gasteiger partial charge in [0.25, 0.3) is 0 Å². The van der Waals surface area contributed by atoms with E-state index in [2.05, 4.69) is 0 Å². The van der Waals surface area contributed by atoms with E-state index in [1.165, 1.54) is 26.0 Å². The third-order valence-corrected chi connectivity index (χ3v) is 1.74. The van der Waals surface area contributed by atoms with Gasteiger partial charge in [0.15, 0.2) is 0 Å². The Morgan fingerprint density at radius 3 is 2.17 bits per heavy atom. The Kier molecular flexibility index (Phi) is 2.22. The van der Waals surface area contributed by atoms with Gasteiger partial charge in [-0.25, -0.2) is 4.39 Å². The standard InChI is InChI=1S/C9H8F2O/c1-5-3-4-6(2)8(10)7(5)9(11)12/h3-4H,1-2H3. The molecule has 0 aliphatic rings. The highest BCUT2D eigenvalue weighted by atomic mass is 19.1. The zero-order valence-electron chi connectivity index (χ0n) is 6.82. The van der Waals surface area contributed by atoms with Crippen LogP contribution < -0.4 is 0 Å². The van der Waals surface area contributed by atoms with Crippen LogP contribution in [0.1, 0.15) is 21.5 Å². The van der Waals surface area contributed by atoms with Crippen molar-refractivity contribution in [1.29, 1.82) is 0 Å². The van der Waals surface area contributed by atoms with E-state index in [0.717, 1.165) is 0 Å². The van der Waals surface area contributed by atoms with Gasteiger partial charge in [-0.3, -0.25) is 4.79 Å². The Morgan fingerprint density at radius 1 is 1.25 bits per heavy atom. The molecule has 0 N–H and O–H groups in total. The van der Waals surface area contributed by atoms with Crippen LogP contribution in [0.15, 0.2) is 12.1 Å². The van der Waals surface area contributed by atoms with Gasteiger partial charge in [-0.15, -0.1) is 0 Å². The molecule has 1 aromatic carbocycles. The lowest BCUT2D eigenvalue weighted by Crippen LogP contribution is -2.01. The summed E-state index contributed by atoms with van der Waals surface area (Å²) in [5, 5.41) is 0. The highest BCUT2D eigenvalue weighted by Gasteiger charge is 2.15. The minimum atomic E-state index is -1.71. The first-order chi connectivity index (χ1) is 5.54. The van der Waals surface area contributed by atoms with Crippen LogP contribution in [0.25, 0.3) is 0 Å². The molecule has 0 radical (unpaired) electrons. The van der Waals surface area contributed by atoms with Gasteiger partial charge < -0.3 is 0 Å². The largest absolute Gasteiger partial charge is 0.335 e. The van der Waals surface area contributed by atoms with Crippen molar-refractivity contribution in [1.82, 2.24) is 0 Å². The number of aryl methyl sites for hydroxylation is 2. The van der Waals surface area contributed by atoms with E-state index in [1.807, 2.05) is 0 Å². The summed E-state index contributed by atoms with van der Waals surface area (Å²) in [7, 11) is 0. The van der Waals surface area contributed by atoms with Crippen molar-refractivity contribution < 1.29 is 13.6 Å². The quantitative estimate of drug-likeness (QED) is 0.592. The number of rotatable bonds is 1. The molecule has 0 spiro atoms. The number of halogens is 2.